The van der Waals surface area contributed by atoms with Crippen molar-refractivity contribution in [3.63, 3.8) is 0 Å². The van der Waals surface area contributed by atoms with Crippen molar-refractivity contribution in [2.24, 2.45) is 0 Å². The van der Waals surface area contributed by atoms with Crippen LogP contribution < -0.4 is 0 Å². The van der Waals surface area contributed by atoms with Crippen LogP contribution in [0.3, 0.4) is 0 Å². The molecule has 1 heterocycles. The molecule has 1 saturated heterocycles. The van der Waals surface area contributed by atoms with Crippen molar-refractivity contribution in [1.29, 1.82) is 0 Å². The molecule has 0 bridgehead atoms. The van der Waals surface area contributed by atoms with Gasteiger partial charge < -0.3 is 19.3 Å². The SMILES string of the molecule is Cc1ccc(S(=O)C[C@@H]2OC(C)(C)O[C@H]2[C@@H](O)COCc2ccccc2)cc1. The highest BCUT2D eigenvalue weighted by molar-refractivity contribution is 7.85. The summed E-state index contributed by atoms with van der Waals surface area (Å²) in [5.41, 5.74) is 2.15. The summed E-state index contributed by atoms with van der Waals surface area (Å²) in [6, 6.07) is 17.4. The maximum Gasteiger partial charge on any atom is 0.163 e. The Morgan fingerprint density at radius 1 is 1.11 bits per heavy atom. The topological polar surface area (TPSA) is 65.0 Å². The van der Waals surface area contributed by atoms with Gasteiger partial charge in [-0.1, -0.05) is 48.0 Å². The number of hydrogen-bond donors (Lipinski definition) is 1. The van der Waals surface area contributed by atoms with E-state index in [1.807, 2.05) is 61.5 Å². The third-order valence-corrected chi connectivity index (χ3v) is 6.03. The van der Waals surface area contributed by atoms with Crippen LogP contribution in [-0.2, 0) is 31.6 Å². The molecule has 152 valence electrons. The third kappa shape index (κ3) is 5.72. The fourth-order valence-corrected chi connectivity index (χ4v) is 4.41. The van der Waals surface area contributed by atoms with Crippen LogP contribution in [0.4, 0.5) is 0 Å². The Balaban J connectivity index is 1.59. The van der Waals surface area contributed by atoms with E-state index in [1.165, 1.54) is 0 Å². The lowest BCUT2D eigenvalue weighted by Gasteiger charge is -2.22. The summed E-state index contributed by atoms with van der Waals surface area (Å²) < 4.78 is 30.2. The monoisotopic (exact) mass is 404 g/mol. The maximum absolute atomic E-state index is 12.8. The second-order valence-corrected chi connectivity index (χ2v) is 9.03. The fourth-order valence-electron chi connectivity index (χ4n) is 3.22. The molecule has 6 heteroatoms. The molecule has 4 atom stereocenters. The zero-order valence-corrected chi connectivity index (χ0v) is 17.4. The van der Waals surface area contributed by atoms with E-state index in [0.717, 1.165) is 16.0 Å². The molecule has 0 spiro atoms. The van der Waals surface area contributed by atoms with Gasteiger partial charge in [0.2, 0.25) is 0 Å². The van der Waals surface area contributed by atoms with Crippen LogP contribution in [0.1, 0.15) is 25.0 Å². The van der Waals surface area contributed by atoms with Crippen LogP contribution in [0.25, 0.3) is 0 Å². The first-order valence-electron chi connectivity index (χ1n) is 9.44. The molecule has 28 heavy (non-hydrogen) atoms. The molecule has 1 aliphatic rings. The minimum atomic E-state index is -1.24. The molecular formula is C22H28O5S. The predicted octanol–water partition coefficient (Wildman–Crippen LogP) is 3.20. The van der Waals surface area contributed by atoms with E-state index in [0.29, 0.717) is 6.61 Å². The smallest absolute Gasteiger partial charge is 0.163 e. The normalized spacial score (nSPS) is 23.4. The number of aliphatic hydroxyl groups excluding tert-OH is 1. The number of rotatable bonds is 8. The van der Waals surface area contributed by atoms with Gasteiger partial charge in [-0.25, -0.2) is 0 Å². The summed E-state index contributed by atoms with van der Waals surface area (Å²) in [5, 5.41) is 10.6. The van der Waals surface area contributed by atoms with Gasteiger partial charge in [-0.3, -0.25) is 4.21 Å². The molecule has 0 amide bonds. The minimum Gasteiger partial charge on any atom is -0.388 e. The van der Waals surface area contributed by atoms with Gasteiger partial charge >= 0.3 is 0 Å². The van der Waals surface area contributed by atoms with Crippen LogP contribution >= 0.6 is 0 Å². The van der Waals surface area contributed by atoms with E-state index in [4.69, 9.17) is 14.2 Å². The van der Waals surface area contributed by atoms with Gasteiger partial charge in [0.15, 0.2) is 5.79 Å². The van der Waals surface area contributed by atoms with E-state index in [9.17, 15) is 9.32 Å². The van der Waals surface area contributed by atoms with Gasteiger partial charge in [-0.05, 0) is 38.5 Å². The Morgan fingerprint density at radius 3 is 2.46 bits per heavy atom. The fraction of sp³-hybridized carbons (Fsp3) is 0.455. The number of ether oxygens (including phenoxy) is 3. The van der Waals surface area contributed by atoms with E-state index in [1.54, 1.807) is 13.8 Å². The van der Waals surface area contributed by atoms with Gasteiger partial charge in [0, 0.05) is 4.90 Å². The van der Waals surface area contributed by atoms with Crippen molar-refractivity contribution in [3.05, 3.63) is 65.7 Å². The summed E-state index contributed by atoms with van der Waals surface area (Å²) in [4.78, 5) is 0.743. The largest absolute Gasteiger partial charge is 0.388 e. The molecule has 3 rings (SSSR count). The Labute approximate surface area is 169 Å². The second kappa shape index (κ2) is 9.29. The molecule has 2 aromatic rings. The standard InChI is InChI=1S/C22H28O5S/c1-16-9-11-18(12-10-16)28(24)15-20-21(27-22(2,3)26-20)19(23)14-25-13-17-7-5-4-6-8-17/h4-12,19-21,23H,13-15H2,1-3H3/t19-,20-,21-,28?/m0/s1. The van der Waals surface area contributed by atoms with E-state index in [2.05, 4.69) is 0 Å². The zero-order valence-electron chi connectivity index (χ0n) is 16.5. The molecule has 0 aromatic heterocycles. The van der Waals surface area contributed by atoms with E-state index >= 15 is 0 Å². The lowest BCUT2D eigenvalue weighted by atomic mass is 10.1. The minimum absolute atomic E-state index is 0.118. The highest BCUT2D eigenvalue weighted by atomic mass is 32.2. The summed E-state index contributed by atoms with van der Waals surface area (Å²) in [6.45, 7) is 6.12. The summed E-state index contributed by atoms with van der Waals surface area (Å²) in [6.07, 6.45) is -1.95. The molecule has 1 N–H and O–H groups in total. The Hall–Kier alpha value is -1.57. The summed E-state index contributed by atoms with van der Waals surface area (Å²) >= 11 is 0. The molecular weight excluding hydrogens is 376 g/mol. The van der Waals surface area contributed by atoms with Crippen LogP contribution in [0.15, 0.2) is 59.5 Å². The average Bonchev–Trinajstić information content (AvgIpc) is 2.97. The van der Waals surface area contributed by atoms with Crippen LogP contribution in [0.2, 0.25) is 0 Å². The number of aryl methyl sites for hydroxylation is 1. The first-order chi connectivity index (χ1) is 13.3. The molecule has 1 unspecified atom stereocenters. The van der Waals surface area contributed by atoms with Crippen LogP contribution in [0.5, 0.6) is 0 Å². The van der Waals surface area contributed by atoms with Gasteiger partial charge in [0.05, 0.1) is 29.8 Å². The number of aliphatic hydroxyl groups is 1. The van der Waals surface area contributed by atoms with Crippen molar-refractivity contribution < 1.29 is 23.5 Å². The molecule has 5 nitrogen and oxygen atoms in total. The highest BCUT2D eigenvalue weighted by Crippen LogP contribution is 2.31. The molecule has 0 aliphatic carbocycles. The number of hydrogen-bond acceptors (Lipinski definition) is 5. The van der Waals surface area contributed by atoms with Crippen molar-refractivity contribution in [2.75, 3.05) is 12.4 Å². The van der Waals surface area contributed by atoms with Crippen molar-refractivity contribution >= 4 is 10.8 Å². The Bertz CT molecular complexity index is 775. The lowest BCUT2D eigenvalue weighted by Crippen LogP contribution is -2.40. The van der Waals surface area contributed by atoms with Gasteiger partial charge in [-0.15, -0.1) is 0 Å². The van der Waals surface area contributed by atoms with Crippen LogP contribution in [-0.4, -0.2) is 45.8 Å². The second-order valence-electron chi connectivity index (χ2n) is 7.53. The van der Waals surface area contributed by atoms with Crippen LogP contribution in [0, 0.1) is 6.92 Å². The van der Waals surface area contributed by atoms with Crippen molar-refractivity contribution in [3.8, 4) is 0 Å². The Kier molecular flexibility index (Phi) is 7.01. The third-order valence-electron chi connectivity index (χ3n) is 4.60. The number of benzene rings is 2. The van der Waals surface area contributed by atoms with E-state index < -0.39 is 34.9 Å². The highest BCUT2D eigenvalue weighted by Gasteiger charge is 2.45. The lowest BCUT2D eigenvalue weighted by molar-refractivity contribution is -0.158. The van der Waals surface area contributed by atoms with Crippen molar-refractivity contribution in [1.82, 2.24) is 0 Å². The molecule has 2 aromatic carbocycles. The summed E-state index contributed by atoms with van der Waals surface area (Å²) in [7, 11) is -1.24. The van der Waals surface area contributed by atoms with Gasteiger partial charge in [0.25, 0.3) is 0 Å². The molecule has 0 saturated carbocycles. The molecule has 1 aliphatic heterocycles. The first kappa shape index (κ1) is 21.1. The molecule has 0 radical (unpaired) electrons. The first-order valence-corrected chi connectivity index (χ1v) is 10.8. The maximum atomic E-state index is 12.8. The van der Waals surface area contributed by atoms with Gasteiger partial charge in [0.1, 0.15) is 18.3 Å². The Morgan fingerprint density at radius 2 is 1.79 bits per heavy atom. The molecule has 1 fully saturated rings. The van der Waals surface area contributed by atoms with E-state index in [-0.39, 0.29) is 12.4 Å². The summed E-state index contributed by atoms with van der Waals surface area (Å²) in [5.74, 6) is -0.583. The quantitative estimate of drug-likeness (QED) is 0.732. The van der Waals surface area contributed by atoms with Crippen molar-refractivity contribution in [2.45, 2.75) is 56.4 Å². The predicted molar refractivity (Wildman–Crippen MR) is 108 cm³/mol. The average molecular weight is 405 g/mol. The van der Waals surface area contributed by atoms with Gasteiger partial charge in [-0.2, -0.15) is 0 Å². The zero-order chi connectivity index (χ0) is 20.1.